The van der Waals surface area contributed by atoms with Crippen LogP contribution in [0.2, 0.25) is 0 Å². The number of hydrogen-bond acceptors (Lipinski definition) is 6. The summed E-state index contributed by atoms with van der Waals surface area (Å²) in [6.45, 7) is 1.92. The molecule has 3 aromatic rings. The topological polar surface area (TPSA) is 77.5 Å². The van der Waals surface area contributed by atoms with Gasteiger partial charge in [0.2, 0.25) is 0 Å². The maximum Gasteiger partial charge on any atom is 0.337 e. The van der Waals surface area contributed by atoms with Crippen molar-refractivity contribution >= 4 is 11.8 Å². The molecule has 6 nitrogen and oxygen atoms in total. The van der Waals surface area contributed by atoms with E-state index in [1.165, 1.54) is 12.1 Å². The first-order chi connectivity index (χ1) is 17.9. The summed E-state index contributed by atoms with van der Waals surface area (Å²) in [6, 6.07) is 17.2. The maximum atomic E-state index is 13.6. The summed E-state index contributed by atoms with van der Waals surface area (Å²) < 4.78 is 24.4. The predicted molar refractivity (Wildman–Crippen MR) is 136 cm³/mol. The zero-order valence-corrected chi connectivity index (χ0v) is 20.7. The number of esters is 1. The number of dihydropyridines is 1. The Hall–Kier alpha value is -4.26. The van der Waals surface area contributed by atoms with Gasteiger partial charge in [-0.15, -0.1) is 0 Å². The van der Waals surface area contributed by atoms with E-state index < -0.39 is 11.9 Å². The van der Waals surface area contributed by atoms with Gasteiger partial charge in [0.05, 0.1) is 12.7 Å². The Labute approximate surface area is 214 Å². The summed E-state index contributed by atoms with van der Waals surface area (Å²) in [5, 5.41) is 3.34. The number of Topliss-reactive ketones (excluding diaryl/α,β-unsaturated/α-hetero) is 1. The second-order valence-electron chi connectivity index (χ2n) is 9.27. The zero-order chi connectivity index (χ0) is 25.9. The van der Waals surface area contributed by atoms with Crippen LogP contribution in [0.15, 0.2) is 95.6 Å². The lowest BCUT2D eigenvalue weighted by Gasteiger charge is -2.36. The number of ether oxygens (including phenoxy) is 2. The largest absolute Gasteiger partial charge is 0.497 e. The summed E-state index contributed by atoms with van der Waals surface area (Å²) in [5.74, 6) is -0.758. The first-order valence-electron chi connectivity index (χ1n) is 12.1. The summed E-state index contributed by atoms with van der Waals surface area (Å²) in [4.78, 5) is 31.2. The first-order valence-corrected chi connectivity index (χ1v) is 12.1. The van der Waals surface area contributed by atoms with Gasteiger partial charge in [-0.1, -0.05) is 24.3 Å². The number of carbonyl (C=O) groups excluding carboxylic acids is 2. The lowest BCUT2D eigenvalue weighted by molar-refractivity contribution is -0.140. The fourth-order valence-electron chi connectivity index (χ4n) is 5.12. The number of nitrogens with one attached hydrogen (secondary N) is 1. The molecule has 5 rings (SSSR count). The number of carbonyl (C=O) groups is 2. The van der Waals surface area contributed by atoms with Gasteiger partial charge in [0.25, 0.3) is 0 Å². The van der Waals surface area contributed by atoms with Gasteiger partial charge in [-0.25, -0.2) is 9.18 Å². The van der Waals surface area contributed by atoms with E-state index in [0.29, 0.717) is 23.3 Å². The molecule has 1 aromatic heterocycles. The molecule has 0 bridgehead atoms. The summed E-state index contributed by atoms with van der Waals surface area (Å²) in [5.41, 5.74) is 4.96. The molecule has 188 valence electrons. The van der Waals surface area contributed by atoms with Gasteiger partial charge >= 0.3 is 5.97 Å². The number of methoxy groups -OCH3 is 1. The molecule has 1 aliphatic heterocycles. The van der Waals surface area contributed by atoms with Gasteiger partial charge in [-0.2, -0.15) is 0 Å². The van der Waals surface area contributed by atoms with E-state index in [0.717, 1.165) is 28.1 Å². The van der Waals surface area contributed by atoms with Crippen LogP contribution in [0.5, 0.6) is 5.75 Å². The van der Waals surface area contributed by atoms with Crippen LogP contribution in [-0.4, -0.2) is 23.8 Å². The quantitative estimate of drug-likeness (QED) is 0.463. The Morgan fingerprint density at radius 2 is 1.70 bits per heavy atom. The van der Waals surface area contributed by atoms with Crippen molar-refractivity contribution in [2.75, 3.05) is 7.11 Å². The van der Waals surface area contributed by atoms with Gasteiger partial charge in [-0.05, 0) is 72.4 Å². The molecule has 0 saturated heterocycles. The number of ketones is 1. The smallest absolute Gasteiger partial charge is 0.337 e. The van der Waals surface area contributed by atoms with Crippen LogP contribution in [0.25, 0.3) is 0 Å². The molecule has 2 atom stereocenters. The van der Waals surface area contributed by atoms with E-state index in [-0.39, 0.29) is 30.5 Å². The normalized spacial score (nSPS) is 19.3. The van der Waals surface area contributed by atoms with E-state index >= 15 is 0 Å². The van der Waals surface area contributed by atoms with Gasteiger partial charge in [-0.3, -0.25) is 9.78 Å². The van der Waals surface area contributed by atoms with E-state index in [1.54, 1.807) is 31.6 Å². The van der Waals surface area contributed by atoms with Crippen molar-refractivity contribution in [1.82, 2.24) is 10.3 Å². The number of pyridine rings is 1. The molecule has 7 heteroatoms. The van der Waals surface area contributed by atoms with Crippen molar-refractivity contribution in [3.05, 3.63) is 118 Å². The third-order valence-electron chi connectivity index (χ3n) is 6.96. The number of halogens is 1. The van der Waals surface area contributed by atoms with E-state index in [4.69, 9.17) is 9.47 Å². The molecule has 2 heterocycles. The van der Waals surface area contributed by atoms with Crippen molar-refractivity contribution < 1.29 is 23.5 Å². The van der Waals surface area contributed by atoms with Crippen LogP contribution >= 0.6 is 0 Å². The average molecular weight is 499 g/mol. The minimum atomic E-state index is -0.565. The molecule has 0 unspecified atom stereocenters. The standard InChI is InChI=1S/C30H27FN2O4/c1-18-27(30(35)37-17-19-3-9-24(36-2)10-4-19)28(21-11-13-32-14-12-21)29-25(33-18)15-22(16-26(29)34)20-5-7-23(31)8-6-20/h3-14,22,28,33H,15-17H2,1-2H3/t22-,28+/m1/s1. The second-order valence-corrected chi connectivity index (χ2v) is 9.27. The SMILES string of the molecule is COc1ccc(COC(=O)C2=C(C)NC3=C(C(=O)C[C@H](c4ccc(F)cc4)C3)[C@H]2c2ccncc2)cc1. The molecule has 0 spiro atoms. The molecule has 0 fully saturated rings. The van der Waals surface area contributed by atoms with Crippen LogP contribution in [-0.2, 0) is 20.9 Å². The molecule has 1 N–H and O–H groups in total. The highest BCUT2D eigenvalue weighted by Gasteiger charge is 2.41. The number of aromatic nitrogens is 1. The Bertz CT molecular complexity index is 1380. The Morgan fingerprint density at radius 1 is 1.00 bits per heavy atom. The van der Waals surface area contributed by atoms with Gasteiger partial charge in [0.15, 0.2) is 5.78 Å². The summed E-state index contributed by atoms with van der Waals surface area (Å²) >= 11 is 0. The number of rotatable bonds is 6. The van der Waals surface area contributed by atoms with Crippen LogP contribution < -0.4 is 10.1 Å². The number of hydrogen-bond donors (Lipinski definition) is 1. The van der Waals surface area contributed by atoms with Gasteiger partial charge in [0.1, 0.15) is 18.2 Å². The molecule has 0 radical (unpaired) electrons. The molecule has 0 saturated carbocycles. The lowest BCUT2D eigenvalue weighted by atomic mass is 9.72. The van der Waals surface area contributed by atoms with Crippen LogP contribution in [0, 0.1) is 5.82 Å². The minimum Gasteiger partial charge on any atom is -0.497 e. The molecule has 2 aromatic carbocycles. The fraction of sp³-hybridized carbons (Fsp3) is 0.233. The van der Waals surface area contributed by atoms with E-state index in [2.05, 4.69) is 10.3 Å². The summed E-state index contributed by atoms with van der Waals surface area (Å²) in [6.07, 6.45) is 4.17. The van der Waals surface area contributed by atoms with Crippen molar-refractivity contribution in [2.45, 2.75) is 38.2 Å². The van der Waals surface area contributed by atoms with Crippen molar-refractivity contribution in [1.29, 1.82) is 0 Å². The van der Waals surface area contributed by atoms with Crippen molar-refractivity contribution in [3.63, 3.8) is 0 Å². The molecule has 1 aliphatic carbocycles. The third-order valence-corrected chi connectivity index (χ3v) is 6.96. The molecule has 2 aliphatic rings. The number of allylic oxidation sites excluding steroid dienone is 3. The molecular weight excluding hydrogens is 471 g/mol. The third kappa shape index (κ3) is 5.03. The minimum absolute atomic E-state index is 0.0437. The Morgan fingerprint density at radius 3 is 2.38 bits per heavy atom. The monoisotopic (exact) mass is 498 g/mol. The maximum absolute atomic E-state index is 13.6. The van der Waals surface area contributed by atoms with E-state index in [1.807, 2.05) is 43.3 Å². The number of benzene rings is 2. The summed E-state index contributed by atoms with van der Waals surface area (Å²) in [7, 11) is 1.59. The second kappa shape index (κ2) is 10.4. The van der Waals surface area contributed by atoms with Gasteiger partial charge < -0.3 is 14.8 Å². The van der Waals surface area contributed by atoms with Crippen LogP contribution in [0.3, 0.4) is 0 Å². The zero-order valence-electron chi connectivity index (χ0n) is 20.7. The average Bonchev–Trinajstić information content (AvgIpc) is 2.92. The van der Waals surface area contributed by atoms with E-state index in [9.17, 15) is 14.0 Å². The fourth-order valence-corrected chi connectivity index (χ4v) is 5.12. The highest BCUT2D eigenvalue weighted by atomic mass is 19.1. The van der Waals surface area contributed by atoms with Crippen LogP contribution in [0.4, 0.5) is 4.39 Å². The Kier molecular flexibility index (Phi) is 6.86. The van der Waals surface area contributed by atoms with Crippen LogP contribution in [0.1, 0.15) is 48.3 Å². The Balaban J connectivity index is 1.45. The molecular formula is C30H27FN2O4. The molecule has 37 heavy (non-hydrogen) atoms. The number of nitrogens with zero attached hydrogens (tertiary/aromatic N) is 1. The lowest BCUT2D eigenvalue weighted by Crippen LogP contribution is -2.36. The highest BCUT2D eigenvalue weighted by Crippen LogP contribution is 2.45. The predicted octanol–water partition coefficient (Wildman–Crippen LogP) is 5.33. The van der Waals surface area contributed by atoms with Crippen molar-refractivity contribution in [3.8, 4) is 5.75 Å². The first kappa shape index (κ1) is 24.4. The highest BCUT2D eigenvalue weighted by molar-refractivity contribution is 6.04. The molecule has 0 amide bonds. The van der Waals surface area contributed by atoms with Gasteiger partial charge in [0, 0.05) is 41.7 Å². The van der Waals surface area contributed by atoms with Crippen molar-refractivity contribution in [2.24, 2.45) is 0 Å².